The van der Waals surface area contributed by atoms with Gasteiger partial charge in [0, 0.05) is 5.56 Å². The van der Waals surface area contributed by atoms with E-state index in [0.717, 1.165) is 11.3 Å². The van der Waals surface area contributed by atoms with Crippen LogP contribution in [0.4, 0.5) is 0 Å². The first-order chi connectivity index (χ1) is 8.07. The van der Waals surface area contributed by atoms with E-state index in [2.05, 4.69) is 32.0 Å². The summed E-state index contributed by atoms with van der Waals surface area (Å²) < 4.78 is 10.6. The number of ether oxygens (including phenoxy) is 1. The Morgan fingerprint density at radius 2 is 2.00 bits per heavy atom. The molecule has 0 aliphatic carbocycles. The van der Waals surface area contributed by atoms with E-state index in [1.165, 1.54) is 5.56 Å². The number of para-hydroxylation sites is 1. The molecule has 0 N–H and O–H groups in total. The molecule has 0 bridgehead atoms. The second kappa shape index (κ2) is 4.62. The van der Waals surface area contributed by atoms with Crippen LogP contribution in [-0.2, 0) is 12.0 Å². The molecule has 90 valence electrons. The molecule has 3 heteroatoms. The predicted molar refractivity (Wildman–Crippen MR) is 66.0 cm³/mol. The van der Waals surface area contributed by atoms with Gasteiger partial charge in [0.2, 0.25) is 0 Å². The zero-order valence-corrected chi connectivity index (χ0v) is 10.4. The molecule has 0 spiro atoms. The number of aromatic nitrogens is 1. The lowest BCUT2D eigenvalue weighted by Crippen LogP contribution is -2.13. The van der Waals surface area contributed by atoms with Crippen molar-refractivity contribution in [2.45, 2.75) is 32.8 Å². The second-order valence-electron chi connectivity index (χ2n) is 5.07. The van der Waals surface area contributed by atoms with Crippen molar-refractivity contribution in [1.82, 2.24) is 5.16 Å². The fourth-order valence-corrected chi connectivity index (χ4v) is 1.67. The third-order valence-electron chi connectivity index (χ3n) is 2.57. The van der Waals surface area contributed by atoms with Crippen LogP contribution < -0.4 is 4.74 Å². The monoisotopic (exact) mass is 231 g/mol. The first-order valence-electron chi connectivity index (χ1n) is 5.68. The minimum Gasteiger partial charge on any atom is -0.488 e. The molecule has 0 saturated carbocycles. The van der Waals surface area contributed by atoms with Crippen molar-refractivity contribution in [3.63, 3.8) is 0 Å². The summed E-state index contributed by atoms with van der Waals surface area (Å²) >= 11 is 0. The van der Waals surface area contributed by atoms with E-state index in [4.69, 9.17) is 9.26 Å². The fraction of sp³-hybridized carbons (Fsp3) is 0.357. The molecule has 0 unspecified atom stereocenters. The lowest BCUT2D eigenvalue weighted by Gasteiger charge is -2.22. The molecule has 1 heterocycles. The molecule has 0 saturated heterocycles. The van der Waals surface area contributed by atoms with E-state index >= 15 is 0 Å². The molecule has 0 amide bonds. The molecular weight excluding hydrogens is 214 g/mol. The molecular formula is C14H17NO2. The zero-order chi connectivity index (χ0) is 12.3. The van der Waals surface area contributed by atoms with Crippen LogP contribution in [0.1, 0.15) is 31.9 Å². The van der Waals surface area contributed by atoms with Gasteiger partial charge in [-0.3, -0.25) is 0 Å². The minimum absolute atomic E-state index is 0.0746. The first-order valence-corrected chi connectivity index (χ1v) is 5.68. The highest BCUT2D eigenvalue weighted by Crippen LogP contribution is 2.31. The van der Waals surface area contributed by atoms with Gasteiger partial charge in [-0.25, -0.2) is 0 Å². The number of benzene rings is 1. The second-order valence-corrected chi connectivity index (χ2v) is 5.07. The molecule has 1 aromatic heterocycles. The van der Waals surface area contributed by atoms with Crippen molar-refractivity contribution >= 4 is 0 Å². The van der Waals surface area contributed by atoms with E-state index in [0.29, 0.717) is 6.61 Å². The van der Waals surface area contributed by atoms with Crippen LogP contribution in [0.2, 0.25) is 0 Å². The maximum Gasteiger partial charge on any atom is 0.130 e. The van der Waals surface area contributed by atoms with Crippen LogP contribution in [0.3, 0.4) is 0 Å². The largest absolute Gasteiger partial charge is 0.488 e. The topological polar surface area (TPSA) is 35.3 Å². The molecule has 2 aromatic rings. The molecule has 17 heavy (non-hydrogen) atoms. The molecule has 0 aliphatic heterocycles. The van der Waals surface area contributed by atoms with Crippen LogP contribution in [0.25, 0.3) is 0 Å². The van der Waals surface area contributed by atoms with E-state index in [1.807, 2.05) is 18.2 Å². The molecule has 0 atom stereocenters. The summed E-state index contributed by atoms with van der Waals surface area (Å²) in [4.78, 5) is 0. The number of hydrogen-bond acceptors (Lipinski definition) is 3. The van der Waals surface area contributed by atoms with Gasteiger partial charge in [-0.1, -0.05) is 44.1 Å². The van der Waals surface area contributed by atoms with Crippen LogP contribution in [0.5, 0.6) is 5.75 Å². The smallest absolute Gasteiger partial charge is 0.130 e. The summed E-state index contributed by atoms with van der Waals surface area (Å²) in [5, 5.41) is 3.65. The summed E-state index contributed by atoms with van der Waals surface area (Å²) in [5.74, 6) is 0.918. The maximum atomic E-state index is 5.81. The van der Waals surface area contributed by atoms with Crippen molar-refractivity contribution in [3.8, 4) is 5.75 Å². The first kappa shape index (κ1) is 11.7. The molecule has 0 aliphatic rings. The number of hydrogen-bond donors (Lipinski definition) is 0. The van der Waals surface area contributed by atoms with Crippen molar-refractivity contribution in [3.05, 3.63) is 47.9 Å². The van der Waals surface area contributed by atoms with E-state index in [-0.39, 0.29) is 5.41 Å². The van der Waals surface area contributed by atoms with Crippen LogP contribution in [0.15, 0.2) is 41.2 Å². The third kappa shape index (κ3) is 2.87. The van der Waals surface area contributed by atoms with Gasteiger partial charge in [-0.15, -0.1) is 0 Å². The average Bonchev–Trinajstić information content (AvgIpc) is 2.78. The Kier molecular flexibility index (Phi) is 3.18. The van der Waals surface area contributed by atoms with E-state index in [9.17, 15) is 0 Å². The molecule has 0 fully saturated rings. The van der Waals surface area contributed by atoms with E-state index in [1.54, 1.807) is 12.5 Å². The Hall–Kier alpha value is -1.77. The third-order valence-corrected chi connectivity index (χ3v) is 2.57. The summed E-state index contributed by atoms with van der Waals surface area (Å²) in [6.07, 6.45) is 3.26. The van der Waals surface area contributed by atoms with Crippen molar-refractivity contribution in [2.75, 3.05) is 0 Å². The van der Waals surface area contributed by atoms with Crippen molar-refractivity contribution in [2.24, 2.45) is 0 Å². The summed E-state index contributed by atoms with van der Waals surface area (Å²) in [7, 11) is 0. The Balaban J connectivity index is 2.16. The maximum absolute atomic E-state index is 5.81. The minimum atomic E-state index is 0.0746. The normalized spacial score (nSPS) is 11.5. The highest BCUT2D eigenvalue weighted by atomic mass is 16.5. The zero-order valence-electron chi connectivity index (χ0n) is 10.4. The summed E-state index contributed by atoms with van der Waals surface area (Å²) in [6.45, 7) is 7.01. The van der Waals surface area contributed by atoms with E-state index < -0.39 is 0 Å². The van der Waals surface area contributed by atoms with Crippen LogP contribution in [-0.4, -0.2) is 5.16 Å². The van der Waals surface area contributed by atoms with Gasteiger partial charge in [-0.2, -0.15) is 0 Å². The SMILES string of the molecule is CC(C)(C)c1ccccc1OCc1cnoc1. The Morgan fingerprint density at radius 1 is 1.24 bits per heavy atom. The van der Waals surface area contributed by atoms with Gasteiger partial charge < -0.3 is 9.26 Å². The molecule has 3 nitrogen and oxygen atoms in total. The lowest BCUT2D eigenvalue weighted by atomic mass is 9.86. The Bertz CT molecular complexity index is 469. The van der Waals surface area contributed by atoms with Crippen molar-refractivity contribution < 1.29 is 9.26 Å². The van der Waals surface area contributed by atoms with Gasteiger partial charge in [-0.05, 0) is 17.0 Å². The quantitative estimate of drug-likeness (QED) is 0.810. The highest BCUT2D eigenvalue weighted by Gasteiger charge is 2.18. The molecule has 2 rings (SSSR count). The van der Waals surface area contributed by atoms with Crippen LogP contribution >= 0.6 is 0 Å². The average molecular weight is 231 g/mol. The predicted octanol–water partition coefficient (Wildman–Crippen LogP) is 3.55. The van der Waals surface area contributed by atoms with Gasteiger partial charge in [0.15, 0.2) is 0 Å². The molecule has 1 aromatic carbocycles. The molecule has 0 radical (unpaired) electrons. The van der Waals surface area contributed by atoms with Crippen LogP contribution in [0, 0.1) is 0 Å². The summed E-state index contributed by atoms with van der Waals surface area (Å²) in [5.41, 5.74) is 2.22. The number of nitrogens with zero attached hydrogens (tertiary/aromatic N) is 1. The van der Waals surface area contributed by atoms with Gasteiger partial charge in [0.05, 0.1) is 6.20 Å². The standard InChI is InChI=1S/C14H17NO2/c1-14(2,3)12-6-4-5-7-13(12)16-9-11-8-15-17-10-11/h4-8,10H,9H2,1-3H3. The Morgan fingerprint density at radius 3 is 2.65 bits per heavy atom. The number of rotatable bonds is 3. The highest BCUT2D eigenvalue weighted by molar-refractivity contribution is 5.38. The van der Waals surface area contributed by atoms with Crippen molar-refractivity contribution in [1.29, 1.82) is 0 Å². The summed E-state index contributed by atoms with van der Waals surface area (Å²) in [6, 6.07) is 8.11. The Labute approximate surface area is 101 Å². The fourth-order valence-electron chi connectivity index (χ4n) is 1.67. The van der Waals surface area contributed by atoms with Gasteiger partial charge in [0.25, 0.3) is 0 Å². The lowest BCUT2D eigenvalue weighted by molar-refractivity contribution is 0.296. The van der Waals surface area contributed by atoms with Gasteiger partial charge in [0.1, 0.15) is 18.6 Å². The van der Waals surface area contributed by atoms with Gasteiger partial charge >= 0.3 is 0 Å².